The molecular weight excluding hydrogens is 415 g/mol. The molecule has 1 heterocycles. The Balaban J connectivity index is 2.33. The van der Waals surface area contributed by atoms with Crippen LogP contribution in [-0.2, 0) is 16.2 Å². The third kappa shape index (κ3) is 3.72. The molecule has 1 aliphatic heterocycles. The van der Waals surface area contributed by atoms with Gasteiger partial charge in [-0.25, -0.2) is 4.99 Å². The number of para-hydroxylation sites is 1. The van der Waals surface area contributed by atoms with Crippen molar-refractivity contribution in [2.24, 2.45) is 10.9 Å². The van der Waals surface area contributed by atoms with Crippen molar-refractivity contribution >= 4 is 35.2 Å². The minimum atomic E-state index is -0.877. The third-order valence-corrected chi connectivity index (χ3v) is 4.79. The van der Waals surface area contributed by atoms with E-state index in [-0.39, 0.29) is 18.9 Å². The van der Waals surface area contributed by atoms with Crippen molar-refractivity contribution in [3.05, 3.63) is 27.3 Å². The Morgan fingerprint density at radius 2 is 2.26 bits per heavy atom. The van der Waals surface area contributed by atoms with Crippen molar-refractivity contribution in [1.82, 2.24) is 5.06 Å². The zero-order valence-corrected chi connectivity index (χ0v) is 14.8. The third-order valence-electron chi connectivity index (χ3n) is 3.92. The maximum absolute atomic E-state index is 12.1. The van der Waals surface area contributed by atoms with Gasteiger partial charge >= 0.3 is 0 Å². The second-order valence-electron chi connectivity index (χ2n) is 5.41. The fourth-order valence-corrected chi connectivity index (χ4v) is 3.36. The maximum Gasteiger partial charge on any atom is 0.265 e. The largest absolute Gasteiger partial charge is 0.507 e. The van der Waals surface area contributed by atoms with E-state index in [0.29, 0.717) is 9.13 Å². The van der Waals surface area contributed by atoms with E-state index >= 15 is 0 Å². The fraction of sp³-hybridized carbons (Fsp3) is 0.467. The van der Waals surface area contributed by atoms with Crippen molar-refractivity contribution in [2.75, 3.05) is 6.61 Å². The summed E-state index contributed by atoms with van der Waals surface area (Å²) >= 11 is 2.00. The molecule has 0 bridgehead atoms. The summed E-state index contributed by atoms with van der Waals surface area (Å²) < 4.78 is 0.676. The van der Waals surface area contributed by atoms with E-state index in [9.17, 15) is 20.1 Å². The number of aliphatic hydroxyl groups is 2. The van der Waals surface area contributed by atoms with Crippen molar-refractivity contribution < 1.29 is 25.0 Å². The molecule has 0 spiro atoms. The van der Waals surface area contributed by atoms with Gasteiger partial charge < -0.3 is 15.3 Å². The molecule has 7 nitrogen and oxygen atoms in total. The first kappa shape index (κ1) is 18.3. The number of carbonyl (C=O) groups excluding carboxylic acids is 1. The molecule has 0 radical (unpaired) electrons. The van der Waals surface area contributed by atoms with Crippen LogP contribution in [0.3, 0.4) is 0 Å². The molecule has 23 heavy (non-hydrogen) atoms. The monoisotopic (exact) mass is 434 g/mol. The summed E-state index contributed by atoms with van der Waals surface area (Å²) in [7, 11) is 0. The number of aromatic hydroxyl groups is 1. The van der Waals surface area contributed by atoms with Gasteiger partial charge in [0, 0.05) is 11.5 Å². The number of phenols is 1. The van der Waals surface area contributed by atoms with Crippen LogP contribution in [0, 0.1) is 9.49 Å². The highest BCUT2D eigenvalue weighted by molar-refractivity contribution is 14.1. The molecular formula is C15H19IN2O5. The molecule has 1 aromatic carbocycles. The molecule has 8 heteroatoms. The van der Waals surface area contributed by atoms with E-state index in [2.05, 4.69) is 11.7 Å². The zero-order chi connectivity index (χ0) is 17.1. The summed E-state index contributed by atoms with van der Waals surface area (Å²) in [4.78, 5) is 21.2. The maximum atomic E-state index is 12.1. The fourth-order valence-electron chi connectivity index (χ4n) is 2.81. The second kappa shape index (κ2) is 7.67. The number of phenolic OH excluding ortho intramolecular Hbond substituents is 1. The van der Waals surface area contributed by atoms with Gasteiger partial charge in [-0.05, 0) is 42.3 Å². The summed E-state index contributed by atoms with van der Waals surface area (Å²) in [6, 6.07) is 4.38. The van der Waals surface area contributed by atoms with Gasteiger partial charge in [0.25, 0.3) is 5.91 Å². The van der Waals surface area contributed by atoms with Crippen LogP contribution < -0.4 is 0 Å². The summed E-state index contributed by atoms with van der Waals surface area (Å²) in [5, 5.41) is 30.9. The number of halogens is 1. The van der Waals surface area contributed by atoms with Gasteiger partial charge in [0.1, 0.15) is 17.9 Å². The van der Waals surface area contributed by atoms with Crippen molar-refractivity contribution in [3.63, 3.8) is 0 Å². The van der Waals surface area contributed by atoms with E-state index in [1.807, 2.05) is 22.6 Å². The zero-order valence-electron chi connectivity index (χ0n) is 12.6. The standard InChI is InChI=1S/C15H19IN2O5/c1-8(20)12-11(7-19)23-18(13(12)15(22)17-2)6-9-4-3-5-10(16)14(9)21/h3-5,8,11-13,19-21H,2,6-7H2,1H3/t8-,11-,12?,13-/m0/s1. The highest BCUT2D eigenvalue weighted by Gasteiger charge is 2.49. The number of benzene rings is 1. The van der Waals surface area contributed by atoms with Gasteiger partial charge in [0.05, 0.1) is 22.8 Å². The van der Waals surface area contributed by atoms with Crippen molar-refractivity contribution in [1.29, 1.82) is 0 Å². The minimum absolute atomic E-state index is 0.107. The van der Waals surface area contributed by atoms with Crippen molar-refractivity contribution in [3.8, 4) is 5.75 Å². The summed E-state index contributed by atoms with van der Waals surface area (Å²) in [5.74, 6) is -1.07. The number of hydroxylamine groups is 2. The first-order chi connectivity index (χ1) is 10.9. The second-order valence-corrected chi connectivity index (χ2v) is 6.57. The Kier molecular flexibility index (Phi) is 6.09. The van der Waals surface area contributed by atoms with Crippen LogP contribution in [-0.4, -0.2) is 57.9 Å². The molecule has 1 saturated heterocycles. The summed E-state index contributed by atoms with van der Waals surface area (Å²) in [6.45, 7) is 4.56. The molecule has 0 aromatic heterocycles. The van der Waals surface area contributed by atoms with Crippen LogP contribution in [0.1, 0.15) is 12.5 Å². The van der Waals surface area contributed by atoms with Crippen molar-refractivity contribution in [2.45, 2.75) is 31.7 Å². The van der Waals surface area contributed by atoms with Gasteiger partial charge in [-0.1, -0.05) is 12.1 Å². The summed E-state index contributed by atoms with van der Waals surface area (Å²) in [5.41, 5.74) is 0.571. The Hall–Kier alpha value is -1.07. The molecule has 1 unspecified atom stereocenters. The molecule has 4 atom stereocenters. The molecule has 1 aliphatic rings. The normalized spacial score (nSPS) is 26.2. The van der Waals surface area contributed by atoms with Gasteiger partial charge in [-0.3, -0.25) is 9.63 Å². The van der Waals surface area contributed by atoms with Gasteiger partial charge in [-0.15, -0.1) is 0 Å². The molecule has 1 fully saturated rings. The van der Waals surface area contributed by atoms with Crippen LogP contribution >= 0.6 is 22.6 Å². The molecule has 0 aliphatic carbocycles. The van der Waals surface area contributed by atoms with Crippen LogP contribution in [0.25, 0.3) is 0 Å². The van der Waals surface area contributed by atoms with Gasteiger partial charge in [-0.2, -0.15) is 5.06 Å². The van der Waals surface area contributed by atoms with E-state index in [1.165, 1.54) is 12.0 Å². The average Bonchev–Trinajstić information content (AvgIpc) is 2.89. The molecule has 0 saturated carbocycles. The lowest BCUT2D eigenvalue weighted by Gasteiger charge is -2.24. The number of amides is 1. The SMILES string of the molecule is C=NC(=O)[C@@H]1C([C@H](C)O)[C@H](CO)ON1Cc1cccc(I)c1O. The average molecular weight is 434 g/mol. The molecule has 1 aromatic rings. The number of aliphatic imine (C=N–C) groups is 1. The molecule has 1 amide bonds. The lowest BCUT2D eigenvalue weighted by atomic mass is 9.89. The molecule has 126 valence electrons. The smallest absolute Gasteiger partial charge is 0.265 e. The lowest BCUT2D eigenvalue weighted by molar-refractivity contribution is -0.180. The van der Waals surface area contributed by atoms with Crippen LogP contribution in [0.15, 0.2) is 23.2 Å². The number of nitrogens with zero attached hydrogens (tertiary/aromatic N) is 2. The number of aliphatic hydroxyl groups excluding tert-OH is 2. The Bertz CT molecular complexity index is 595. The topological polar surface area (TPSA) is 103 Å². The highest BCUT2D eigenvalue weighted by Crippen LogP contribution is 2.34. The minimum Gasteiger partial charge on any atom is -0.507 e. The number of rotatable bonds is 5. The Morgan fingerprint density at radius 1 is 1.57 bits per heavy atom. The van der Waals surface area contributed by atoms with E-state index in [4.69, 9.17) is 4.84 Å². The number of hydrogen-bond donors (Lipinski definition) is 3. The lowest BCUT2D eigenvalue weighted by Crippen LogP contribution is -2.43. The van der Waals surface area contributed by atoms with Crippen LogP contribution in [0.2, 0.25) is 0 Å². The Morgan fingerprint density at radius 3 is 2.83 bits per heavy atom. The number of carbonyl (C=O) groups is 1. The van der Waals surface area contributed by atoms with E-state index in [0.717, 1.165) is 0 Å². The predicted molar refractivity (Wildman–Crippen MR) is 91.8 cm³/mol. The predicted octanol–water partition coefficient (Wildman–Crippen LogP) is 0.698. The van der Waals surface area contributed by atoms with Gasteiger partial charge in [0.2, 0.25) is 0 Å². The quantitative estimate of drug-likeness (QED) is 0.466. The first-order valence-electron chi connectivity index (χ1n) is 7.10. The summed E-state index contributed by atoms with van der Waals surface area (Å²) in [6.07, 6.45) is -1.60. The molecule has 2 rings (SSSR count). The van der Waals surface area contributed by atoms with Crippen LogP contribution in [0.5, 0.6) is 5.75 Å². The highest BCUT2D eigenvalue weighted by atomic mass is 127. The van der Waals surface area contributed by atoms with E-state index in [1.54, 1.807) is 18.2 Å². The van der Waals surface area contributed by atoms with Crippen LogP contribution in [0.4, 0.5) is 0 Å². The molecule has 3 N–H and O–H groups in total. The van der Waals surface area contributed by atoms with Gasteiger partial charge in [0.15, 0.2) is 0 Å². The number of hydrogen-bond acceptors (Lipinski definition) is 6. The first-order valence-corrected chi connectivity index (χ1v) is 8.17. The Labute approximate surface area is 147 Å². The van der Waals surface area contributed by atoms with E-state index < -0.39 is 30.1 Å².